The highest BCUT2D eigenvalue weighted by molar-refractivity contribution is 5.81. The summed E-state index contributed by atoms with van der Waals surface area (Å²) in [5, 5.41) is 1.80. The lowest BCUT2D eigenvalue weighted by atomic mass is 10.1. The summed E-state index contributed by atoms with van der Waals surface area (Å²) in [5.74, 6) is 0. The zero-order chi connectivity index (χ0) is 11.4. The third-order valence-electron chi connectivity index (χ3n) is 2.24. The van der Waals surface area contributed by atoms with Gasteiger partial charge in [-0.05, 0) is 24.4 Å². The minimum atomic E-state index is 0.0706. The lowest BCUT2D eigenvalue weighted by Gasteiger charge is -2.01. The fourth-order valence-corrected chi connectivity index (χ4v) is 1.45. The van der Waals surface area contributed by atoms with Crippen molar-refractivity contribution in [3.63, 3.8) is 0 Å². The summed E-state index contributed by atoms with van der Waals surface area (Å²) in [5.41, 5.74) is 1.19. The molecule has 0 spiro atoms. The lowest BCUT2D eigenvalue weighted by molar-refractivity contribution is 0.873. The zero-order valence-electron chi connectivity index (χ0n) is 9.74. The number of rotatable bonds is 0. The van der Waals surface area contributed by atoms with Crippen LogP contribution in [0.15, 0.2) is 35.3 Å². The Morgan fingerprint density at radius 1 is 1.13 bits per heavy atom. The number of aromatic nitrogens is 1. The van der Waals surface area contributed by atoms with E-state index < -0.39 is 0 Å². The van der Waals surface area contributed by atoms with Gasteiger partial charge in [-0.3, -0.25) is 4.79 Å². The number of aryl methyl sites for hydroxylation is 2. The van der Waals surface area contributed by atoms with Crippen LogP contribution in [0, 0.1) is 6.92 Å². The van der Waals surface area contributed by atoms with Gasteiger partial charge in [0.2, 0.25) is 0 Å². The first-order valence-electron chi connectivity index (χ1n) is 5.24. The smallest absolute Gasteiger partial charge is 0.258 e. The van der Waals surface area contributed by atoms with E-state index in [0.29, 0.717) is 0 Å². The molecule has 0 aliphatic carbocycles. The van der Waals surface area contributed by atoms with Crippen LogP contribution in [-0.2, 0) is 7.05 Å². The van der Waals surface area contributed by atoms with Crippen molar-refractivity contribution >= 4 is 10.8 Å². The van der Waals surface area contributed by atoms with E-state index in [1.807, 2.05) is 45.0 Å². The van der Waals surface area contributed by atoms with Gasteiger partial charge < -0.3 is 4.57 Å². The lowest BCUT2D eigenvalue weighted by Crippen LogP contribution is -2.15. The molecule has 2 rings (SSSR count). The Balaban J connectivity index is 0.000000531. The van der Waals surface area contributed by atoms with Gasteiger partial charge in [0.15, 0.2) is 0 Å². The SMILES string of the molecule is CC.Cc1ccc2ccn(C)c(=O)c2c1. The van der Waals surface area contributed by atoms with Gasteiger partial charge in [-0.1, -0.05) is 31.5 Å². The summed E-state index contributed by atoms with van der Waals surface area (Å²) in [6.07, 6.45) is 1.79. The van der Waals surface area contributed by atoms with Crippen molar-refractivity contribution < 1.29 is 0 Å². The van der Waals surface area contributed by atoms with E-state index in [-0.39, 0.29) is 5.56 Å². The van der Waals surface area contributed by atoms with Crippen LogP contribution < -0.4 is 5.56 Å². The second-order valence-electron chi connectivity index (χ2n) is 3.32. The minimum absolute atomic E-state index is 0.0706. The Labute approximate surface area is 90.2 Å². The molecule has 0 aliphatic rings. The van der Waals surface area contributed by atoms with Crippen molar-refractivity contribution in [2.75, 3.05) is 0 Å². The Hall–Kier alpha value is -1.57. The topological polar surface area (TPSA) is 22.0 Å². The first-order valence-corrected chi connectivity index (χ1v) is 5.24. The number of fused-ring (bicyclic) bond motifs is 1. The molecule has 1 aromatic carbocycles. The van der Waals surface area contributed by atoms with Crippen LogP contribution in [0.3, 0.4) is 0 Å². The Morgan fingerprint density at radius 2 is 1.80 bits per heavy atom. The van der Waals surface area contributed by atoms with Gasteiger partial charge >= 0.3 is 0 Å². The monoisotopic (exact) mass is 203 g/mol. The highest BCUT2D eigenvalue weighted by atomic mass is 16.1. The van der Waals surface area contributed by atoms with Crippen LogP contribution in [0.2, 0.25) is 0 Å². The average molecular weight is 203 g/mol. The number of nitrogens with zero attached hydrogens (tertiary/aromatic N) is 1. The van der Waals surface area contributed by atoms with E-state index in [4.69, 9.17) is 0 Å². The Morgan fingerprint density at radius 3 is 2.47 bits per heavy atom. The second kappa shape index (κ2) is 4.78. The standard InChI is InChI=1S/C11H11NO.C2H6/c1-8-3-4-9-5-6-12(2)11(13)10(9)7-8;1-2/h3-7H,1-2H3;1-2H3. The van der Waals surface area contributed by atoms with Gasteiger partial charge in [0.05, 0.1) is 0 Å². The normalized spacial score (nSPS) is 9.60. The molecule has 80 valence electrons. The van der Waals surface area contributed by atoms with Crippen LogP contribution in [-0.4, -0.2) is 4.57 Å². The fourth-order valence-electron chi connectivity index (χ4n) is 1.45. The van der Waals surface area contributed by atoms with Crippen LogP contribution in [0.5, 0.6) is 0 Å². The van der Waals surface area contributed by atoms with E-state index in [0.717, 1.165) is 16.3 Å². The van der Waals surface area contributed by atoms with Gasteiger partial charge in [-0.2, -0.15) is 0 Å². The fraction of sp³-hybridized carbons (Fsp3) is 0.308. The van der Waals surface area contributed by atoms with Gasteiger partial charge in [0, 0.05) is 18.6 Å². The summed E-state index contributed by atoms with van der Waals surface area (Å²) in [6.45, 7) is 5.99. The van der Waals surface area contributed by atoms with Crippen molar-refractivity contribution in [3.05, 3.63) is 46.4 Å². The molecule has 0 atom stereocenters. The molecule has 0 aliphatic heterocycles. The molecule has 2 heteroatoms. The molecule has 0 fully saturated rings. The van der Waals surface area contributed by atoms with E-state index in [1.165, 1.54) is 0 Å². The summed E-state index contributed by atoms with van der Waals surface area (Å²) in [7, 11) is 1.77. The Kier molecular flexibility index (Phi) is 3.67. The largest absolute Gasteiger partial charge is 0.318 e. The first-order chi connectivity index (χ1) is 7.18. The molecule has 1 aromatic heterocycles. The molecular formula is C13H17NO. The molecule has 1 heterocycles. The van der Waals surface area contributed by atoms with Crippen molar-refractivity contribution in [1.29, 1.82) is 0 Å². The molecule has 2 aromatic rings. The molecule has 0 saturated carbocycles. The van der Waals surface area contributed by atoms with Crippen LogP contribution >= 0.6 is 0 Å². The number of hydrogen-bond donors (Lipinski definition) is 0. The van der Waals surface area contributed by atoms with E-state index in [9.17, 15) is 4.79 Å². The quantitative estimate of drug-likeness (QED) is 0.645. The third kappa shape index (κ3) is 2.27. The van der Waals surface area contributed by atoms with Gasteiger partial charge in [0.25, 0.3) is 5.56 Å². The molecule has 15 heavy (non-hydrogen) atoms. The molecular weight excluding hydrogens is 186 g/mol. The third-order valence-corrected chi connectivity index (χ3v) is 2.24. The number of hydrogen-bond acceptors (Lipinski definition) is 1. The van der Waals surface area contributed by atoms with E-state index in [2.05, 4.69) is 0 Å². The van der Waals surface area contributed by atoms with E-state index in [1.54, 1.807) is 17.8 Å². The molecule has 0 unspecified atom stereocenters. The summed E-state index contributed by atoms with van der Waals surface area (Å²) in [6, 6.07) is 7.88. The van der Waals surface area contributed by atoms with Gasteiger partial charge in [-0.15, -0.1) is 0 Å². The molecule has 2 nitrogen and oxygen atoms in total. The number of pyridine rings is 1. The van der Waals surface area contributed by atoms with Crippen LogP contribution in [0.4, 0.5) is 0 Å². The summed E-state index contributed by atoms with van der Waals surface area (Å²) in [4.78, 5) is 11.6. The van der Waals surface area contributed by atoms with Gasteiger partial charge in [0.1, 0.15) is 0 Å². The second-order valence-corrected chi connectivity index (χ2v) is 3.32. The van der Waals surface area contributed by atoms with Crippen molar-refractivity contribution in [2.24, 2.45) is 7.05 Å². The summed E-state index contributed by atoms with van der Waals surface area (Å²) >= 11 is 0. The van der Waals surface area contributed by atoms with Crippen LogP contribution in [0.1, 0.15) is 19.4 Å². The highest BCUT2D eigenvalue weighted by Gasteiger charge is 1.98. The number of benzene rings is 1. The maximum atomic E-state index is 11.6. The van der Waals surface area contributed by atoms with Crippen molar-refractivity contribution in [3.8, 4) is 0 Å². The molecule has 0 amide bonds. The van der Waals surface area contributed by atoms with Crippen molar-refractivity contribution in [1.82, 2.24) is 4.57 Å². The first kappa shape index (κ1) is 11.5. The maximum absolute atomic E-state index is 11.6. The molecule has 0 N–H and O–H groups in total. The molecule has 0 bridgehead atoms. The average Bonchev–Trinajstić information content (AvgIpc) is 2.27. The zero-order valence-corrected chi connectivity index (χ0v) is 9.74. The minimum Gasteiger partial charge on any atom is -0.318 e. The molecule has 0 radical (unpaired) electrons. The predicted molar refractivity (Wildman–Crippen MR) is 65.3 cm³/mol. The predicted octanol–water partition coefficient (Wildman–Crippen LogP) is 2.87. The van der Waals surface area contributed by atoms with E-state index >= 15 is 0 Å². The highest BCUT2D eigenvalue weighted by Crippen LogP contribution is 2.10. The molecule has 0 saturated heterocycles. The maximum Gasteiger partial charge on any atom is 0.258 e. The summed E-state index contributed by atoms with van der Waals surface area (Å²) < 4.78 is 1.60. The van der Waals surface area contributed by atoms with Gasteiger partial charge in [-0.25, -0.2) is 0 Å². The van der Waals surface area contributed by atoms with Crippen molar-refractivity contribution in [2.45, 2.75) is 20.8 Å². The Bertz CT molecular complexity index is 506. The van der Waals surface area contributed by atoms with Crippen LogP contribution in [0.25, 0.3) is 10.8 Å².